The lowest BCUT2D eigenvalue weighted by Crippen LogP contribution is -2.29. The fourth-order valence-electron chi connectivity index (χ4n) is 2.71. The van der Waals surface area contributed by atoms with Crippen LogP contribution >= 0.6 is 0 Å². The lowest BCUT2D eigenvalue weighted by Gasteiger charge is -2.15. The number of hydrogen-bond donors (Lipinski definition) is 1. The van der Waals surface area contributed by atoms with E-state index in [-0.39, 0.29) is 12.1 Å². The van der Waals surface area contributed by atoms with Gasteiger partial charge in [-0.2, -0.15) is 0 Å². The molecule has 0 saturated heterocycles. The number of ether oxygens (including phenoxy) is 1. The predicted molar refractivity (Wildman–Crippen MR) is 101 cm³/mol. The van der Waals surface area contributed by atoms with Crippen LogP contribution in [-0.2, 0) is 11.2 Å². The van der Waals surface area contributed by atoms with Crippen molar-refractivity contribution in [1.82, 2.24) is 0 Å². The van der Waals surface area contributed by atoms with Gasteiger partial charge in [-0.1, -0.05) is 54.6 Å². The SMILES string of the molecule is O=C(O)[C@H](Cc1cccc([N+](=O)[O-])c1)Oc1ccc(-c2ccccc2)cc1. The summed E-state index contributed by atoms with van der Waals surface area (Å²) in [7, 11) is 0. The lowest BCUT2D eigenvalue weighted by molar-refractivity contribution is -0.384. The number of nitrogens with zero attached hydrogens (tertiary/aromatic N) is 1. The van der Waals surface area contributed by atoms with Gasteiger partial charge < -0.3 is 9.84 Å². The lowest BCUT2D eigenvalue weighted by atomic mass is 10.1. The smallest absolute Gasteiger partial charge is 0.345 e. The highest BCUT2D eigenvalue weighted by Crippen LogP contribution is 2.23. The van der Waals surface area contributed by atoms with Crippen LogP contribution < -0.4 is 4.74 Å². The molecule has 0 radical (unpaired) electrons. The van der Waals surface area contributed by atoms with Gasteiger partial charge in [0, 0.05) is 18.6 Å². The van der Waals surface area contributed by atoms with E-state index in [1.165, 1.54) is 18.2 Å². The minimum absolute atomic E-state index is 0.0252. The molecule has 0 unspecified atom stereocenters. The summed E-state index contributed by atoms with van der Waals surface area (Å²) in [5.74, 6) is -0.707. The number of benzene rings is 3. The number of carboxylic acids is 1. The second-order valence-corrected chi connectivity index (χ2v) is 5.97. The molecule has 136 valence electrons. The maximum atomic E-state index is 11.6. The van der Waals surface area contributed by atoms with Crippen molar-refractivity contribution in [2.75, 3.05) is 0 Å². The Balaban J connectivity index is 1.74. The molecule has 0 fully saturated rings. The third kappa shape index (κ3) is 4.70. The van der Waals surface area contributed by atoms with Crippen molar-refractivity contribution >= 4 is 11.7 Å². The summed E-state index contributed by atoms with van der Waals surface area (Å²) in [5, 5.41) is 20.3. The average Bonchev–Trinajstić information content (AvgIpc) is 2.69. The molecule has 0 bridgehead atoms. The van der Waals surface area contributed by atoms with Gasteiger partial charge in [-0.15, -0.1) is 0 Å². The van der Waals surface area contributed by atoms with E-state index in [1.807, 2.05) is 42.5 Å². The zero-order valence-electron chi connectivity index (χ0n) is 14.3. The monoisotopic (exact) mass is 363 g/mol. The Morgan fingerprint density at radius 3 is 2.26 bits per heavy atom. The Morgan fingerprint density at radius 1 is 0.963 bits per heavy atom. The van der Waals surface area contributed by atoms with Crippen molar-refractivity contribution in [2.45, 2.75) is 12.5 Å². The predicted octanol–water partition coefficient (Wildman–Crippen LogP) is 4.34. The number of nitro groups is 1. The van der Waals surface area contributed by atoms with E-state index in [0.29, 0.717) is 11.3 Å². The second-order valence-electron chi connectivity index (χ2n) is 5.97. The fraction of sp³-hybridized carbons (Fsp3) is 0.0952. The van der Waals surface area contributed by atoms with Gasteiger partial charge in [0.1, 0.15) is 5.75 Å². The van der Waals surface area contributed by atoms with Gasteiger partial charge in [-0.3, -0.25) is 10.1 Å². The van der Waals surface area contributed by atoms with Gasteiger partial charge in [-0.05, 0) is 28.8 Å². The van der Waals surface area contributed by atoms with Gasteiger partial charge in [0.15, 0.2) is 6.10 Å². The Bertz CT molecular complexity index is 938. The van der Waals surface area contributed by atoms with Crippen LogP contribution in [0.15, 0.2) is 78.9 Å². The van der Waals surface area contributed by atoms with Crippen molar-refractivity contribution in [1.29, 1.82) is 0 Å². The van der Waals surface area contributed by atoms with Crippen LogP contribution in [0.1, 0.15) is 5.56 Å². The zero-order valence-corrected chi connectivity index (χ0v) is 14.3. The van der Waals surface area contributed by atoms with Crippen LogP contribution in [0, 0.1) is 10.1 Å². The first kappa shape index (κ1) is 18.1. The molecule has 6 nitrogen and oxygen atoms in total. The molecule has 1 atom stereocenters. The summed E-state index contributed by atoms with van der Waals surface area (Å²) in [6, 6.07) is 22.8. The molecular formula is C21H17NO5. The molecule has 0 heterocycles. The quantitative estimate of drug-likeness (QED) is 0.498. The van der Waals surface area contributed by atoms with Gasteiger partial charge in [0.2, 0.25) is 0 Å². The molecule has 6 heteroatoms. The van der Waals surface area contributed by atoms with Gasteiger partial charge in [0.05, 0.1) is 4.92 Å². The summed E-state index contributed by atoms with van der Waals surface area (Å²) in [4.78, 5) is 21.9. The minimum Gasteiger partial charge on any atom is -0.478 e. The fourth-order valence-corrected chi connectivity index (χ4v) is 2.71. The molecule has 0 aliphatic rings. The van der Waals surface area contributed by atoms with E-state index in [4.69, 9.17) is 4.74 Å². The normalized spacial score (nSPS) is 11.6. The molecule has 0 saturated carbocycles. The molecule has 0 aliphatic heterocycles. The Kier molecular flexibility index (Phi) is 5.47. The highest BCUT2D eigenvalue weighted by Gasteiger charge is 2.21. The summed E-state index contributed by atoms with van der Waals surface area (Å²) in [6.07, 6.45) is -1.12. The number of rotatable bonds is 7. The molecule has 0 aliphatic carbocycles. The largest absolute Gasteiger partial charge is 0.478 e. The number of carboxylic acid groups (broad SMARTS) is 1. The van der Waals surface area contributed by atoms with Crippen molar-refractivity contribution in [3.63, 3.8) is 0 Å². The molecule has 3 aromatic rings. The van der Waals surface area contributed by atoms with E-state index in [9.17, 15) is 20.0 Å². The summed E-state index contributed by atoms with van der Waals surface area (Å²) in [5.41, 5.74) is 2.49. The average molecular weight is 363 g/mol. The van der Waals surface area contributed by atoms with E-state index in [2.05, 4.69) is 0 Å². The Hall–Kier alpha value is -3.67. The van der Waals surface area contributed by atoms with Crippen LogP contribution in [0.4, 0.5) is 5.69 Å². The zero-order chi connectivity index (χ0) is 19.2. The number of non-ortho nitro benzene ring substituents is 1. The van der Waals surface area contributed by atoms with E-state index < -0.39 is 17.0 Å². The third-order valence-electron chi connectivity index (χ3n) is 4.06. The van der Waals surface area contributed by atoms with E-state index >= 15 is 0 Å². The third-order valence-corrected chi connectivity index (χ3v) is 4.06. The van der Waals surface area contributed by atoms with Crippen LogP contribution in [0.3, 0.4) is 0 Å². The number of aliphatic carboxylic acids is 1. The molecule has 0 amide bonds. The van der Waals surface area contributed by atoms with E-state index in [0.717, 1.165) is 11.1 Å². The van der Waals surface area contributed by atoms with Gasteiger partial charge in [0.25, 0.3) is 5.69 Å². The molecule has 27 heavy (non-hydrogen) atoms. The van der Waals surface area contributed by atoms with Crippen LogP contribution in [0.2, 0.25) is 0 Å². The van der Waals surface area contributed by atoms with E-state index in [1.54, 1.807) is 18.2 Å². The summed E-state index contributed by atoms with van der Waals surface area (Å²) >= 11 is 0. The maximum absolute atomic E-state index is 11.6. The molecule has 0 spiro atoms. The second kappa shape index (κ2) is 8.14. The molecule has 3 aromatic carbocycles. The van der Waals surface area contributed by atoms with Crippen molar-refractivity contribution in [3.8, 4) is 16.9 Å². The Labute approximate surface area is 155 Å². The number of hydrogen-bond acceptors (Lipinski definition) is 4. The molecular weight excluding hydrogens is 346 g/mol. The highest BCUT2D eigenvalue weighted by molar-refractivity contribution is 5.73. The van der Waals surface area contributed by atoms with Crippen molar-refractivity contribution < 1.29 is 19.6 Å². The van der Waals surface area contributed by atoms with Crippen LogP contribution in [-0.4, -0.2) is 22.1 Å². The van der Waals surface area contributed by atoms with Crippen LogP contribution in [0.5, 0.6) is 5.75 Å². The minimum atomic E-state index is -1.14. The molecule has 3 rings (SSSR count). The Morgan fingerprint density at radius 2 is 1.63 bits per heavy atom. The van der Waals surface area contributed by atoms with Gasteiger partial charge in [-0.25, -0.2) is 4.79 Å². The first-order chi connectivity index (χ1) is 13.0. The molecule has 1 N–H and O–H groups in total. The maximum Gasteiger partial charge on any atom is 0.345 e. The highest BCUT2D eigenvalue weighted by atomic mass is 16.6. The van der Waals surface area contributed by atoms with Crippen molar-refractivity contribution in [2.24, 2.45) is 0 Å². The summed E-state index contributed by atoms with van der Waals surface area (Å²) < 4.78 is 5.60. The first-order valence-corrected chi connectivity index (χ1v) is 8.31. The standard InChI is InChI=1S/C21H17NO5/c23-21(24)20(14-15-5-4-8-18(13-15)22(25)26)27-19-11-9-17(10-12-19)16-6-2-1-3-7-16/h1-13,20H,14H2,(H,23,24)/t20-/m0/s1. The van der Waals surface area contributed by atoms with Crippen LogP contribution in [0.25, 0.3) is 11.1 Å². The number of carbonyl (C=O) groups is 1. The van der Waals surface area contributed by atoms with Crippen molar-refractivity contribution in [3.05, 3.63) is 94.5 Å². The van der Waals surface area contributed by atoms with Gasteiger partial charge >= 0.3 is 5.97 Å². The number of nitro benzene ring substituents is 1. The first-order valence-electron chi connectivity index (χ1n) is 8.31. The molecule has 0 aromatic heterocycles. The summed E-state index contributed by atoms with van der Waals surface area (Å²) in [6.45, 7) is 0. The topological polar surface area (TPSA) is 89.7 Å².